The van der Waals surface area contributed by atoms with E-state index in [1.54, 1.807) is 12.1 Å². The Hall–Kier alpha value is -1.84. The first-order valence-corrected chi connectivity index (χ1v) is 5.68. The predicted molar refractivity (Wildman–Crippen MR) is 62.8 cm³/mol. The third-order valence-corrected chi connectivity index (χ3v) is 2.96. The van der Waals surface area contributed by atoms with Crippen LogP contribution in [0.2, 0.25) is 0 Å². The standard InChI is InChI=1S/C13H15NO3/c1-8-2-4-10(5-3-8)12(15)14-11(13(16)17)9-6-7-9/h2-5,9,11H,6-7H2,1H3,(H,14,15)(H,16,17). The monoisotopic (exact) mass is 233 g/mol. The van der Waals surface area contributed by atoms with Crippen LogP contribution in [-0.2, 0) is 4.79 Å². The van der Waals surface area contributed by atoms with E-state index in [-0.39, 0.29) is 11.8 Å². The summed E-state index contributed by atoms with van der Waals surface area (Å²) in [7, 11) is 0. The summed E-state index contributed by atoms with van der Waals surface area (Å²) in [5.41, 5.74) is 1.57. The second-order valence-corrected chi connectivity index (χ2v) is 4.49. The maximum absolute atomic E-state index is 11.8. The van der Waals surface area contributed by atoms with Gasteiger partial charge in [0.05, 0.1) is 0 Å². The van der Waals surface area contributed by atoms with Crippen LogP contribution in [-0.4, -0.2) is 23.0 Å². The lowest BCUT2D eigenvalue weighted by molar-refractivity contribution is -0.139. The lowest BCUT2D eigenvalue weighted by atomic mass is 10.1. The van der Waals surface area contributed by atoms with Crippen molar-refractivity contribution in [2.45, 2.75) is 25.8 Å². The molecule has 4 nitrogen and oxygen atoms in total. The van der Waals surface area contributed by atoms with Crippen molar-refractivity contribution in [3.05, 3.63) is 35.4 Å². The third kappa shape index (κ3) is 2.84. The molecule has 0 bridgehead atoms. The van der Waals surface area contributed by atoms with Crippen LogP contribution in [0.15, 0.2) is 24.3 Å². The van der Waals surface area contributed by atoms with Crippen LogP contribution in [0.4, 0.5) is 0 Å². The Balaban J connectivity index is 2.04. The molecule has 90 valence electrons. The molecule has 1 aliphatic rings. The second kappa shape index (κ2) is 4.57. The first kappa shape index (κ1) is 11.6. The molecule has 0 aromatic heterocycles. The number of aliphatic carboxylic acids is 1. The molecule has 0 aliphatic heterocycles. The molecule has 2 rings (SSSR count). The zero-order chi connectivity index (χ0) is 12.4. The van der Waals surface area contributed by atoms with E-state index in [4.69, 9.17) is 5.11 Å². The quantitative estimate of drug-likeness (QED) is 0.829. The van der Waals surface area contributed by atoms with Crippen molar-refractivity contribution in [3.8, 4) is 0 Å². The minimum absolute atomic E-state index is 0.0990. The maximum Gasteiger partial charge on any atom is 0.326 e. The van der Waals surface area contributed by atoms with Gasteiger partial charge in [-0.05, 0) is 37.8 Å². The highest BCUT2D eigenvalue weighted by Gasteiger charge is 2.37. The van der Waals surface area contributed by atoms with E-state index in [9.17, 15) is 9.59 Å². The fourth-order valence-electron chi connectivity index (χ4n) is 1.74. The number of carboxylic acid groups (broad SMARTS) is 1. The second-order valence-electron chi connectivity index (χ2n) is 4.49. The molecule has 0 saturated heterocycles. The van der Waals surface area contributed by atoms with Gasteiger partial charge in [-0.3, -0.25) is 4.79 Å². The molecule has 1 saturated carbocycles. The zero-order valence-electron chi connectivity index (χ0n) is 9.64. The number of hydrogen-bond acceptors (Lipinski definition) is 2. The lowest BCUT2D eigenvalue weighted by Gasteiger charge is -2.13. The molecule has 1 amide bonds. The summed E-state index contributed by atoms with van der Waals surface area (Å²) in [6.07, 6.45) is 1.76. The number of rotatable bonds is 4. The van der Waals surface area contributed by atoms with Gasteiger partial charge < -0.3 is 10.4 Å². The molecule has 2 N–H and O–H groups in total. The van der Waals surface area contributed by atoms with E-state index < -0.39 is 12.0 Å². The summed E-state index contributed by atoms with van der Waals surface area (Å²) in [5, 5.41) is 11.6. The summed E-state index contributed by atoms with van der Waals surface area (Å²) in [4.78, 5) is 22.8. The van der Waals surface area contributed by atoms with Crippen LogP contribution in [0.3, 0.4) is 0 Å². The predicted octanol–water partition coefficient (Wildman–Crippen LogP) is 1.59. The van der Waals surface area contributed by atoms with Gasteiger partial charge in [0.15, 0.2) is 0 Å². The van der Waals surface area contributed by atoms with E-state index in [2.05, 4.69) is 5.32 Å². The van der Waals surface area contributed by atoms with Crippen LogP contribution >= 0.6 is 0 Å². The van der Waals surface area contributed by atoms with Crippen molar-refractivity contribution >= 4 is 11.9 Å². The Morgan fingerprint density at radius 2 is 1.88 bits per heavy atom. The first-order chi connectivity index (χ1) is 8.08. The average Bonchev–Trinajstić information content (AvgIpc) is 3.10. The van der Waals surface area contributed by atoms with E-state index in [1.165, 1.54) is 0 Å². The normalized spacial score (nSPS) is 16.3. The molecule has 1 aromatic rings. The number of hydrogen-bond donors (Lipinski definition) is 2. The average molecular weight is 233 g/mol. The molecule has 1 fully saturated rings. The summed E-state index contributed by atoms with van der Waals surface area (Å²) in [5.74, 6) is -1.17. The van der Waals surface area contributed by atoms with Crippen molar-refractivity contribution in [3.63, 3.8) is 0 Å². The smallest absolute Gasteiger partial charge is 0.326 e. The maximum atomic E-state index is 11.8. The van der Waals surface area contributed by atoms with Crippen LogP contribution in [0.1, 0.15) is 28.8 Å². The third-order valence-electron chi connectivity index (χ3n) is 2.96. The number of amides is 1. The molecular weight excluding hydrogens is 218 g/mol. The fraction of sp³-hybridized carbons (Fsp3) is 0.385. The molecule has 0 heterocycles. The Labute approximate surface area is 99.6 Å². The molecule has 0 spiro atoms. The number of aryl methyl sites for hydroxylation is 1. The summed E-state index contributed by atoms with van der Waals surface area (Å²) in [6.45, 7) is 1.94. The van der Waals surface area contributed by atoms with Crippen molar-refractivity contribution in [1.29, 1.82) is 0 Å². The number of carbonyl (C=O) groups is 2. The summed E-state index contributed by atoms with van der Waals surface area (Å²) in [6, 6.07) is 6.33. The highest BCUT2D eigenvalue weighted by atomic mass is 16.4. The molecule has 17 heavy (non-hydrogen) atoms. The van der Waals surface area contributed by atoms with Gasteiger partial charge in [-0.2, -0.15) is 0 Å². The highest BCUT2D eigenvalue weighted by Crippen LogP contribution is 2.32. The topological polar surface area (TPSA) is 66.4 Å². The number of carbonyl (C=O) groups excluding carboxylic acids is 1. The van der Waals surface area contributed by atoms with Gasteiger partial charge in [-0.15, -0.1) is 0 Å². The minimum atomic E-state index is -0.951. The van der Waals surface area contributed by atoms with Crippen LogP contribution in [0, 0.1) is 12.8 Å². The van der Waals surface area contributed by atoms with Crippen molar-refractivity contribution in [2.24, 2.45) is 5.92 Å². The van der Waals surface area contributed by atoms with Gasteiger partial charge in [0, 0.05) is 5.56 Å². The Morgan fingerprint density at radius 3 is 2.35 bits per heavy atom. The number of benzene rings is 1. The minimum Gasteiger partial charge on any atom is -0.480 e. The number of nitrogens with one attached hydrogen (secondary N) is 1. The first-order valence-electron chi connectivity index (χ1n) is 5.68. The van der Waals surface area contributed by atoms with Gasteiger partial charge in [0.1, 0.15) is 6.04 Å². The fourth-order valence-corrected chi connectivity index (χ4v) is 1.74. The van der Waals surface area contributed by atoms with E-state index in [1.807, 2.05) is 19.1 Å². The van der Waals surface area contributed by atoms with Gasteiger partial charge in [-0.1, -0.05) is 17.7 Å². The Bertz CT molecular complexity index is 434. The number of carboxylic acids is 1. The molecule has 0 radical (unpaired) electrons. The molecular formula is C13H15NO3. The van der Waals surface area contributed by atoms with Gasteiger partial charge >= 0.3 is 5.97 Å². The molecule has 1 unspecified atom stereocenters. The highest BCUT2D eigenvalue weighted by molar-refractivity contribution is 5.96. The molecule has 1 aromatic carbocycles. The Morgan fingerprint density at radius 1 is 1.29 bits per heavy atom. The molecule has 1 aliphatic carbocycles. The molecule has 1 atom stereocenters. The molecule has 4 heteroatoms. The Kier molecular flexibility index (Phi) is 3.13. The van der Waals surface area contributed by atoms with Crippen molar-refractivity contribution in [2.75, 3.05) is 0 Å². The van der Waals surface area contributed by atoms with Crippen molar-refractivity contribution in [1.82, 2.24) is 5.32 Å². The van der Waals surface area contributed by atoms with Gasteiger partial charge in [0.25, 0.3) is 5.91 Å². The summed E-state index contributed by atoms with van der Waals surface area (Å²) >= 11 is 0. The van der Waals surface area contributed by atoms with E-state index in [0.717, 1.165) is 18.4 Å². The van der Waals surface area contributed by atoms with E-state index in [0.29, 0.717) is 5.56 Å². The van der Waals surface area contributed by atoms with Crippen LogP contribution < -0.4 is 5.32 Å². The zero-order valence-corrected chi connectivity index (χ0v) is 9.64. The SMILES string of the molecule is Cc1ccc(C(=O)NC(C(=O)O)C2CC2)cc1. The van der Waals surface area contributed by atoms with Crippen LogP contribution in [0.5, 0.6) is 0 Å². The van der Waals surface area contributed by atoms with Gasteiger partial charge in [0.2, 0.25) is 0 Å². The van der Waals surface area contributed by atoms with Crippen LogP contribution in [0.25, 0.3) is 0 Å². The van der Waals surface area contributed by atoms with Gasteiger partial charge in [-0.25, -0.2) is 4.79 Å². The lowest BCUT2D eigenvalue weighted by Crippen LogP contribution is -2.42. The largest absolute Gasteiger partial charge is 0.480 e. The summed E-state index contributed by atoms with van der Waals surface area (Å²) < 4.78 is 0. The van der Waals surface area contributed by atoms with Crippen molar-refractivity contribution < 1.29 is 14.7 Å². The van der Waals surface area contributed by atoms with E-state index >= 15 is 0 Å².